The zero-order valence-corrected chi connectivity index (χ0v) is 8.55. The number of rotatable bonds is 0. The van der Waals surface area contributed by atoms with Gasteiger partial charge >= 0.3 is 22.4 Å². The summed E-state index contributed by atoms with van der Waals surface area (Å²) in [6.07, 6.45) is 3.88. The van der Waals surface area contributed by atoms with Crippen molar-refractivity contribution in [3.05, 3.63) is 0 Å². The fourth-order valence-corrected chi connectivity index (χ4v) is 1.32. The fraction of sp³-hybridized carbons (Fsp3) is 1.00. The van der Waals surface area contributed by atoms with Crippen LogP contribution >= 0.6 is 0 Å². The van der Waals surface area contributed by atoms with Crippen molar-refractivity contribution >= 4 is 12.6 Å². The topological polar surface area (TPSA) is 3.24 Å². The van der Waals surface area contributed by atoms with Crippen molar-refractivity contribution in [1.29, 1.82) is 0 Å². The summed E-state index contributed by atoms with van der Waals surface area (Å²) in [4.78, 5) is 2.25. The normalized spacial score (nSPS) is 29.3. The van der Waals surface area contributed by atoms with E-state index in [2.05, 4.69) is 11.9 Å². The maximum absolute atomic E-state index is 5.14. The first-order chi connectivity index (χ1) is 3.80. The number of hydrogen-bond acceptors (Lipinski definition) is 2. The van der Waals surface area contributed by atoms with Crippen LogP contribution in [0.5, 0.6) is 0 Å². The van der Waals surface area contributed by atoms with E-state index in [0.717, 1.165) is 0 Å². The van der Waals surface area contributed by atoms with Crippen LogP contribution in [0, 0.1) is 0 Å². The molecule has 0 aromatic rings. The predicted molar refractivity (Wildman–Crippen MR) is 37.6 cm³/mol. The number of nitrogens with zero attached hydrogens (tertiary/aromatic N) is 1. The van der Waals surface area contributed by atoms with E-state index < -0.39 is 0 Å². The first kappa shape index (κ1) is 10.1. The first-order valence-electron chi connectivity index (χ1n) is 3.17. The molecule has 1 rings (SSSR count). The molecule has 1 fully saturated rings. The van der Waals surface area contributed by atoms with Crippen molar-refractivity contribution in [3.63, 3.8) is 0 Å². The summed E-state index contributed by atoms with van der Waals surface area (Å²) in [6, 6.07) is 0. The van der Waals surface area contributed by atoms with Gasteiger partial charge in [-0.05, 0) is 20.0 Å². The van der Waals surface area contributed by atoms with Gasteiger partial charge in [0.05, 0.1) is 0 Å². The molecule has 58 valence electrons. The maximum atomic E-state index is 5.14. The Bertz CT molecular complexity index is 69.5. The smallest absolute Gasteiger partial charge is 0.774 e. The maximum Gasteiger partial charge on any atom is 1.00 e. The SMILES string of the molecule is CN1CCCCC1[S-].[Au+]. The van der Waals surface area contributed by atoms with Crippen molar-refractivity contribution in [2.75, 3.05) is 13.6 Å². The van der Waals surface area contributed by atoms with Crippen LogP contribution in [-0.4, -0.2) is 23.9 Å². The van der Waals surface area contributed by atoms with Gasteiger partial charge in [0.25, 0.3) is 0 Å². The minimum atomic E-state index is 0. The van der Waals surface area contributed by atoms with Crippen LogP contribution in [0.4, 0.5) is 0 Å². The van der Waals surface area contributed by atoms with E-state index in [1.165, 1.54) is 25.8 Å². The second kappa shape index (κ2) is 4.80. The molecule has 1 aliphatic heterocycles. The molecule has 0 N–H and O–H groups in total. The first-order valence-corrected chi connectivity index (χ1v) is 3.64. The van der Waals surface area contributed by atoms with Crippen LogP contribution in [0.25, 0.3) is 0 Å². The standard InChI is InChI=1S/C6H13NS.Au/c1-7-5-3-2-4-6(7)8;/h6,8H,2-5H2,1H3;/q;+1/p-1. The number of piperidine rings is 1. The molecule has 1 heterocycles. The minimum Gasteiger partial charge on any atom is -0.774 e. The molecular formula is C6H12AuNS. The van der Waals surface area contributed by atoms with Gasteiger partial charge in [0.2, 0.25) is 0 Å². The zero-order chi connectivity index (χ0) is 5.98. The molecule has 0 aromatic heterocycles. The number of hydrogen-bond donors (Lipinski definition) is 0. The Morgan fingerprint density at radius 3 is 2.44 bits per heavy atom. The molecule has 0 aliphatic carbocycles. The van der Waals surface area contributed by atoms with E-state index in [1.807, 2.05) is 0 Å². The van der Waals surface area contributed by atoms with Crippen molar-refractivity contribution in [1.82, 2.24) is 4.90 Å². The molecule has 1 atom stereocenters. The van der Waals surface area contributed by atoms with E-state index in [-0.39, 0.29) is 22.4 Å². The second-order valence-electron chi connectivity index (χ2n) is 2.43. The zero-order valence-electron chi connectivity index (χ0n) is 5.56. The van der Waals surface area contributed by atoms with Gasteiger partial charge < -0.3 is 17.5 Å². The average molecular weight is 327 g/mol. The Balaban J connectivity index is 0.000000640. The predicted octanol–water partition coefficient (Wildman–Crippen LogP) is 0.973. The van der Waals surface area contributed by atoms with E-state index in [0.29, 0.717) is 5.37 Å². The summed E-state index contributed by atoms with van der Waals surface area (Å²) in [5.41, 5.74) is 0. The Kier molecular flexibility index (Phi) is 5.36. The Labute approximate surface area is 78.1 Å². The summed E-state index contributed by atoms with van der Waals surface area (Å²) in [5, 5.41) is 0.420. The summed E-state index contributed by atoms with van der Waals surface area (Å²) < 4.78 is 0. The van der Waals surface area contributed by atoms with Crippen molar-refractivity contribution in [2.45, 2.75) is 24.6 Å². The van der Waals surface area contributed by atoms with Gasteiger partial charge in [-0.15, -0.1) is 5.37 Å². The van der Waals surface area contributed by atoms with Crippen molar-refractivity contribution in [3.8, 4) is 0 Å². The van der Waals surface area contributed by atoms with Crippen LogP contribution in [-0.2, 0) is 35.0 Å². The molecule has 0 amide bonds. The minimum absolute atomic E-state index is 0. The molecule has 0 spiro atoms. The van der Waals surface area contributed by atoms with Gasteiger partial charge in [-0.3, -0.25) is 0 Å². The number of likely N-dealkylation sites (tertiary alicyclic amines) is 1. The Hall–Kier alpha value is 1.05. The van der Waals surface area contributed by atoms with E-state index in [1.54, 1.807) is 0 Å². The van der Waals surface area contributed by atoms with Gasteiger partial charge in [-0.2, -0.15) is 0 Å². The van der Waals surface area contributed by atoms with Gasteiger partial charge in [-0.1, -0.05) is 12.8 Å². The van der Waals surface area contributed by atoms with Gasteiger partial charge in [-0.25, -0.2) is 0 Å². The average Bonchev–Trinajstić information content (AvgIpc) is 1.77. The van der Waals surface area contributed by atoms with Gasteiger partial charge in [0, 0.05) is 0 Å². The van der Waals surface area contributed by atoms with Crippen LogP contribution < -0.4 is 0 Å². The summed E-state index contributed by atoms with van der Waals surface area (Å²) in [6.45, 7) is 1.20. The monoisotopic (exact) mass is 327 g/mol. The van der Waals surface area contributed by atoms with Gasteiger partial charge in [0.15, 0.2) is 0 Å². The van der Waals surface area contributed by atoms with Crippen molar-refractivity contribution in [2.24, 2.45) is 0 Å². The fourth-order valence-electron chi connectivity index (χ4n) is 1.04. The third-order valence-corrected chi connectivity index (χ3v) is 2.30. The molecule has 0 bridgehead atoms. The molecule has 0 radical (unpaired) electrons. The molecule has 3 heteroatoms. The molecular weight excluding hydrogens is 315 g/mol. The molecule has 0 aromatic carbocycles. The van der Waals surface area contributed by atoms with Gasteiger partial charge in [0.1, 0.15) is 0 Å². The van der Waals surface area contributed by atoms with Crippen LogP contribution in [0.15, 0.2) is 0 Å². The largest absolute Gasteiger partial charge is 1.00 e. The summed E-state index contributed by atoms with van der Waals surface area (Å²) in [7, 11) is 2.11. The van der Waals surface area contributed by atoms with Crippen LogP contribution in [0.1, 0.15) is 19.3 Å². The van der Waals surface area contributed by atoms with E-state index in [9.17, 15) is 0 Å². The van der Waals surface area contributed by atoms with Crippen LogP contribution in [0.3, 0.4) is 0 Å². The van der Waals surface area contributed by atoms with Crippen molar-refractivity contribution < 1.29 is 22.4 Å². The third kappa shape index (κ3) is 3.10. The van der Waals surface area contributed by atoms with E-state index in [4.69, 9.17) is 12.6 Å². The quantitative estimate of drug-likeness (QED) is 0.482. The molecule has 1 aliphatic rings. The molecule has 1 nitrogen and oxygen atoms in total. The third-order valence-electron chi connectivity index (χ3n) is 1.70. The van der Waals surface area contributed by atoms with Crippen LogP contribution in [0.2, 0.25) is 0 Å². The Morgan fingerprint density at radius 1 is 1.44 bits per heavy atom. The summed E-state index contributed by atoms with van der Waals surface area (Å²) >= 11 is 5.14. The molecule has 1 unspecified atom stereocenters. The second-order valence-corrected chi connectivity index (χ2v) is 2.98. The van der Waals surface area contributed by atoms with E-state index >= 15 is 0 Å². The molecule has 1 saturated heterocycles. The molecule has 9 heavy (non-hydrogen) atoms. The Morgan fingerprint density at radius 2 is 2.11 bits per heavy atom. The molecule has 0 saturated carbocycles. The summed E-state index contributed by atoms with van der Waals surface area (Å²) in [5.74, 6) is 0.